The third kappa shape index (κ3) is 3.18. The van der Waals surface area contributed by atoms with Gasteiger partial charge in [0.2, 0.25) is 5.91 Å². The molecule has 0 aromatic rings. The summed E-state index contributed by atoms with van der Waals surface area (Å²) in [6.07, 6.45) is 1.27. The second-order valence-corrected chi connectivity index (χ2v) is 5.42. The number of β-amino-alcohol motifs (C(OH)–C–C–N with tert-alkyl or cyclic N) is 1. The molecule has 2 atom stereocenters. The van der Waals surface area contributed by atoms with Crippen LogP contribution in [0.5, 0.6) is 0 Å². The first-order valence-electron chi connectivity index (χ1n) is 5.55. The average molecular weight is 214 g/mol. The summed E-state index contributed by atoms with van der Waals surface area (Å²) in [5.74, 6) is -0.0405. The summed E-state index contributed by atoms with van der Waals surface area (Å²) in [5, 5.41) is 9.48. The Morgan fingerprint density at radius 1 is 1.53 bits per heavy atom. The van der Waals surface area contributed by atoms with E-state index in [-0.39, 0.29) is 17.4 Å². The molecule has 0 radical (unpaired) electrons. The summed E-state index contributed by atoms with van der Waals surface area (Å²) in [4.78, 5) is 13.7. The highest BCUT2D eigenvalue weighted by Crippen LogP contribution is 2.20. The van der Waals surface area contributed by atoms with Gasteiger partial charge in [0.25, 0.3) is 0 Å². The summed E-state index contributed by atoms with van der Waals surface area (Å²) in [6, 6.07) is -0.484. The van der Waals surface area contributed by atoms with Gasteiger partial charge in [0.05, 0.1) is 12.1 Å². The van der Waals surface area contributed by atoms with E-state index < -0.39 is 6.04 Å². The fraction of sp³-hybridized carbons (Fsp3) is 0.909. The molecule has 1 rings (SSSR count). The van der Waals surface area contributed by atoms with Gasteiger partial charge in [-0.1, -0.05) is 20.8 Å². The van der Waals surface area contributed by atoms with Crippen LogP contribution in [0, 0.1) is 5.41 Å². The Hall–Kier alpha value is -0.610. The van der Waals surface area contributed by atoms with Crippen molar-refractivity contribution in [3.63, 3.8) is 0 Å². The zero-order chi connectivity index (χ0) is 11.6. The number of carbonyl (C=O) groups excluding carboxylic acids is 1. The van der Waals surface area contributed by atoms with E-state index in [9.17, 15) is 9.90 Å². The number of hydrogen-bond donors (Lipinski definition) is 2. The molecule has 4 heteroatoms. The van der Waals surface area contributed by atoms with Crippen LogP contribution >= 0.6 is 0 Å². The lowest BCUT2D eigenvalue weighted by Crippen LogP contribution is -2.53. The van der Waals surface area contributed by atoms with Crippen molar-refractivity contribution in [2.75, 3.05) is 13.1 Å². The van der Waals surface area contributed by atoms with Crippen molar-refractivity contribution < 1.29 is 9.90 Å². The lowest BCUT2D eigenvalue weighted by Gasteiger charge is -2.35. The van der Waals surface area contributed by atoms with Crippen LogP contribution in [-0.2, 0) is 4.79 Å². The molecule has 4 nitrogen and oxygen atoms in total. The highest BCUT2D eigenvalue weighted by Gasteiger charge is 2.32. The van der Waals surface area contributed by atoms with Crippen LogP contribution in [0.25, 0.3) is 0 Å². The number of piperidine rings is 1. The Labute approximate surface area is 91.4 Å². The van der Waals surface area contributed by atoms with Crippen molar-refractivity contribution in [3.8, 4) is 0 Å². The number of carbonyl (C=O) groups is 1. The maximum Gasteiger partial charge on any atom is 0.240 e. The molecule has 1 fully saturated rings. The van der Waals surface area contributed by atoms with Crippen molar-refractivity contribution in [2.45, 2.75) is 45.8 Å². The summed E-state index contributed by atoms with van der Waals surface area (Å²) in [6.45, 7) is 7.02. The first-order chi connectivity index (χ1) is 6.82. The van der Waals surface area contributed by atoms with Gasteiger partial charge in [0.15, 0.2) is 0 Å². The van der Waals surface area contributed by atoms with E-state index in [4.69, 9.17) is 5.73 Å². The lowest BCUT2D eigenvalue weighted by atomic mass is 9.86. The highest BCUT2D eigenvalue weighted by atomic mass is 16.3. The molecular weight excluding hydrogens is 192 g/mol. The summed E-state index contributed by atoms with van der Waals surface area (Å²) in [7, 11) is 0. The quantitative estimate of drug-likeness (QED) is 0.661. The van der Waals surface area contributed by atoms with Crippen LogP contribution in [-0.4, -0.2) is 41.1 Å². The molecule has 0 aliphatic carbocycles. The zero-order valence-corrected chi connectivity index (χ0v) is 9.86. The minimum Gasteiger partial charge on any atom is -0.391 e. The Kier molecular flexibility index (Phi) is 3.73. The maximum atomic E-state index is 12.0. The fourth-order valence-corrected chi connectivity index (χ4v) is 1.72. The number of nitrogens with two attached hydrogens (primary N) is 1. The monoisotopic (exact) mass is 214 g/mol. The molecule has 0 aromatic heterocycles. The molecule has 0 bridgehead atoms. The molecule has 88 valence electrons. The van der Waals surface area contributed by atoms with Crippen molar-refractivity contribution in [3.05, 3.63) is 0 Å². The van der Waals surface area contributed by atoms with E-state index in [0.29, 0.717) is 6.54 Å². The van der Waals surface area contributed by atoms with Gasteiger partial charge in [-0.15, -0.1) is 0 Å². The maximum absolute atomic E-state index is 12.0. The summed E-state index contributed by atoms with van der Waals surface area (Å²) in [5.41, 5.74) is 5.67. The Morgan fingerprint density at radius 2 is 2.13 bits per heavy atom. The number of aliphatic hydroxyl groups excluding tert-OH is 1. The number of rotatable bonds is 1. The molecular formula is C11H22N2O2. The van der Waals surface area contributed by atoms with Gasteiger partial charge in [-0.25, -0.2) is 0 Å². The highest BCUT2D eigenvalue weighted by molar-refractivity contribution is 5.82. The second-order valence-electron chi connectivity index (χ2n) is 5.42. The van der Waals surface area contributed by atoms with Gasteiger partial charge < -0.3 is 15.7 Å². The Balaban J connectivity index is 2.60. The average Bonchev–Trinajstić information content (AvgIpc) is 2.14. The van der Waals surface area contributed by atoms with Gasteiger partial charge in [-0.3, -0.25) is 4.79 Å². The van der Waals surface area contributed by atoms with Gasteiger partial charge >= 0.3 is 0 Å². The van der Waals surface area contributed by atoms with Crippen LogP contribution in [0.1, 0.15) is 33.6 Å². The van der Waals surface area contributed by atoms with Crippen molar-refractivity contribution in [2.24, 2.45) is 11.1 Å². The van der Waals surface area contributed by atoms with Gasteiger partial charge in [-0.2, -0.15) is 0 Å². The molecule has 1 aliphatic rings. The molecule has 0 aromatic carbocycles. The van der Waals surface area contributed by atoms with Crippen molar-refractivity contribution >= 4 is 5.91 Å². The molecule has 15 heavy (non-hydrogen) atoms. The number of likely N-dealkylation sites (tertiary alicyclic amines) is 1. The van der Waals surface area contributed by atoms with Gasteiger partial charge in [-0.05, 0) is 18.3 Å². The van der Waals surface area contributed by atoms with Crippen LogP contribution in [0.4, 0.5) is 0 Å². The molecule has 3 N–H and O–H groups in total. The molecule has 1 aliphatic heterocycles. The van der Waals surface area contributed by atoms with Crippen LogP contribution in [0.3, 0.4) is 0 Å². The molecule has 1 unspecified atom stereocenters. The summed E-state index contributed by atoms with van der Waals surface area (Å²) >= 11 is 0. The molecule has 1 heterocycles. The standard InChI is InChI=1S/C11H22N2O2/c1-11(2,3)9(12)10(15)13-6-4-5-8(14)7-13/h8-9,14H,4-7,12H2,1-3H3/t8-,9?/m0/s1. The first-order valence-corrected chi connectivity index (χ1v) is 5.55. The van der Waals surface area contributed by atoms with E-state index in [1.165, 1.54) is 0 Å². The van der Waals surface area contributed by atoms with Crippen LogP contribution in [0.2, 0.25) is 0 Å². The molecule has 0 saturated carbocycles. The van der Waals surface area contributed by atoms with E-state index in [1.807, 2.05) is 20.8 Å². The van der Waals surface area contributed by atoms with Gasteiger partial charge in [0, 0.05) is 13.1 Å². The minimum absolute atomic E-state index is 0.0405. The SMILES string of the molecule is CC(C)(C)C(N)C(=O)N1CCC[C@H](O)C1. The van der Waals surface area contributed by atoms with E-state index >= 15 is 0 Å². The minimum atomic E-state index is -0.484. The topological polar surface area (TPSA) is 66.6 Å². The van der Waals surface area contributed by atoms with Gasteiger partial charge in [0.1, 0.15) is 0 Å². The third-order valence-corrected chi connectivity index (χ3v) is 2.91. The predicted molar refractivity (Wildman–Crippen MR) is 59.3 cm³/mol. The number of amides is 1. The lowest BCUT2D eigenvalue weighted by molar-refractivity contribution is -0.138. The van der Waals surface area contributed by atoms with Crippen molar-refractivity contribution in [1.29, 1.82) is 0 Å². The predicted octanol–water partition coefficient (Wildman–Crippen LogP) is 0.343. The smallest absolute Gasteiger partial charge is 0.240 e. The second kappa shape index (κ2) is 4.49. The van der Waals surface area contributed by atoms with E-state index in [0.717, 1.165) is 19.4 Å². The van der Waals surface area contributed by atoms with Crippen LogP contribution < -0.4 is 5.73 Å². The van der Waals surface area contributed by atoms with Crippen LogP contribution in [0.15, 0.2) is 0 Å². The Morgan fingerprint density at radius 3 is 2.60 bits per heavy atom. The largest absolute Gasteiger partial charge is 0.391 e. The number of hydrogen-bond acceptors (Lipinski definition) is 3. The summed E-state index contributed by atoms with van der Waals surface area (Å²) < 4.78 is 0. The molecule has 0 spiro atoms. The Bertz CT molecular complexity index is 235. The van der Waals surface area contributed by atoms with E-state index in [2.05, 4.69) is 0 Å². The van der Waals surface area contributed by atoms with E-state index in [1.54, 1.807) is 4.90 Å². The number of nitrogens with zero attached hydrogens (tertiary/aromatic N) is 1. The molecule has 1 saturated heterocycles. The normalized spacial score (nSPS) is 25.1. The van der Waals surface area contributed by atoms with Crippen molar-refractivity contribution in [1.82, 2.24) is 4.90 Å². The number of aliphatic hydroxyl groups is 1. The first kappa shape index (κ1) is 12.5. The third-order valence-electron chi connectivity index (χ3n) is 2.91. The molecule has 1 amide bonds. The zero-order valence-electron chi connectivity index (χ0n) is 9.86. The fourth-order valence-electron chi connectivity index (χ4n) is 1.72.